The van der Waals surface area contributed by atoms with Gasteiger partial charge in [-0.05, 0) is 56.0 Å². The monoisotopic (exact) mass is 419 g/mol. The molecule has 162 valence electrons. The summed E-state index contributed by atoms with van der Waals surface area (Å²) in [4.78, 5) is 12.5. The predicted molar refractivity (Wildman–Crippen MR) is 119 cm³/mol. The first kappa shape index (κ1) is 21.0. The Morgan fingerprint density at radius 2 is 1.84 bits per heavy atom. The maximum Gasteiger partial charge on any atom is 0.223 e. The van der Waals surface area contributed by atoms with E-state index in [0.717, 1.165) is 42.9 Å². The molecule has 1 heterocycles. The van der Waals surface area contributed by atoms with Gasteiger partial charge in [0.15, 0.2) is 0 Å². The predicted octanol–water partition coefficient (Wildman–Crippen LogP) is 4.29. The molecular formula is C25H29N3O3. The molecule has 1 aliphatic carbocycles. The van der Waals surface area contributed by atoms with Gasteiger partial charge in [0.1, 0.15) is 11.5 Å². The molecule has 0 radical (unpaired) electrons. The first-order chi connectivity index (χ1) is 15.2. The van der Waals surface area contributed by atoms with E-state index in [4.69, 9.17) is 9.47 Å². The quantitative estimate of drug-likeness (QED) is 0.562. The summed E-state index contributed by atoms with van der Waals surface area (Å²) >= 11 is 0. The topological polar surface area (TPSA) is 65.4 Å². The fourth-order valence-corrected chi connectivity index (χ4v) is 3.99. The minimum Gasteiger partial charge on any atom is -0.494 e. The average Bonchev–Trinajstić information content (AvgIpc) is 3.20. The molecule has 1 unspecified atom stereocenters. The molecule has 1 atom stereocenters. The zero-order valence-corrected chi connectivity index (χ0v) is 17.9. The lowest BCUT2D eigenvalue weighted by atomic mass is 9.92. The third kappa shape index (κ3) is 5.45. The maximum atomic E-state index is 12.5. The van der Waals surface area contributed by atoms with Crippen LogP contribution in [0.15, 0.2) is 60.8 Å². The SMILES string of the molecule is CCOc1ccc(OCCC(=O)NC2CCCc3c2cnn3Cc2ccccc2)cc1. The van der Waals surface area contributed by atoms with E-state index < -0.39 is 0 Å². The minimum atomic E-state index is -0.000374. The molecule has 1 N–H and O–H groups in total. The number of carbonyl (C=O) groups is 1. The Balaban J connectivity index is 1.29. The van der Waals surface area contributed by atoms with E-state index in [2.05, 4.69) is 27.2 Å². The standard InChI is InChI=1S/C25H29N3O3/c1-2-30-20-11-13-21(14-12-20)31-16-15-25(29)27-23-9-6-10-24-22(23)17-26-28(24)18-19-7-4-3-5-8-19/h3-5,7-8,11-14,17,23H,2,6,9-10,15-16,18H2,1H3,(H,27,29). The van der Waals surface area contributed by atoms with Gasteiger partial charge in [-0.1, -0.05) is 30.3 Å². The number of ether oxygens (including phenoxy) is 2. The highest BCUT2D eigenvalue weighted by Crippen LogP contribution is 2.30. The highest BCUT2D eigenvalue weighted by Gasteiger charge is 2.25. The second-order valence-corrected chi connectivity index (χ2v) is 7.71. The molecule has 0 spiro atoms. The lowest BCUT2D eigenvalue weighted by molar-refractivity contribution is -0.122. The molecule has 2 aromatic carbocycles. The third-order valence-electron chi connectivity index (χ3n) is 5.51. The van der Waals surface area contributed by atoms with E-state index in [1.54, 1.807) is 0 Å². The molecule has 31 heavy (non-hydrogen) atoms. The van der Waals surface area contributed by atoms with Crippen molar-refractivity contribution in [1.29, 1.82) is 0 Å². The van der Waals surface area contributed by atoms with Crippen LogP contribution in [0, 0.1) is 0 Å². The average molecular weight is 420 g/mol. The van der Waals surface area contributed by atoms with Crippen LogP contribution in [0.4, 0.5) is 0 Å². The molecule has 0 saturated heterocycles. The molecule has 0 bridgehead atoms. The minimum absolute atomic E-state index is 0.000374. The highest BCUT2D eigenvalue weighted by molar-refractivity contribution is 5.76. The summed E-state index contributed by atoms with van der Waals surface area (Å²) < 4.78 is 13.2. The van der Waals surface area contributed by atoms with Crippen LogP contribution in [0.25, 0.3) is 0 Å². The van der Waals surface area contributed by atoms with Crippen LogP contribution in [0.3, 0.4) is 0 Å². The van der Waals surface area contributed by atoms with Gasteiger partial charge in [-0.3, -0.25) is 9.48 Å². The molecule has 4 rings (SSSR count). The van der Waals surface area contributed by atoms with Crippen molar-refractivity contribution in [3.63, 3.8) is 0 Å². The summed E-state index contributed by atoms with van der Waals surface area (Å²) in [6.07, 6.45) is 5.21. The second kappa shape index (κ2) is 10.2. The number of aromatic nitrogens is 2. The van der Waals surface area contributed by atoms with Crippen LogP contribution in [0.2, 0.25) is 0 Å². The molecule has 0 fully saturated rings. The Morgan fingerprint density at radius 3 is 2.58 bits per heavy atom. The summed E-state index contributed by atoms with van der Waals surface area (Å²) in [5, 5.41) is 7.78. The fourth-order valence-electron chi connectivity index (χ4n) is 3.99. The van der Waals surface area contributed by atoms with E-state index in [0.29, 0.717) is 19.6 Å². The van der Waals surface area contributed by atoms with E-state index in [-0.39, 0.29) is 11.9 Å². The Hall–Kier alpha value is -3.28. The zero-order chi connectivity index (χ0) is 21.5. The van der Waals surface area contributed by atoms with Crippen molar-refractivity contribution in [2.75, 3.05) is 13.2 Å². The van der Waals surface area contributed by atoms with E-state index in [9.17, 15) is 4.79 Å². The van der Waals surface area contributed by atoms with Crippen LogP contribution in [0.1, 0.15) is 49.0 Å². The number of rotatable bonds is 9. The van der Waals surface area contributed by atoms with Crippen molar-refractivity contribution < 1.29 is 14.3 Å². The first-order valence-electron chi connectivity index (χ1n) is 11.0. The van der Waals surface area contributed by atoms with Crippen LogP contribution in [0.5, 0.6) is 11.5 Å². The molecule has 0 saturated carbocycles. The number of nitrogens with one attached hydrogen (secondary N) is 1. The van der Waals surface area contributed by atoms with Gasteiger partial charge in [-0.15, -0.1) is 0 Å². The maximum absolute atomic E-state index is 12.5. The molecule has 1 aliphatic rings. The Kier molecular flexibility index (Phi) is 6.87. The van der Waals surface area contributed by atoms with Gasteiger partial charge in [-0.2, -0.15) is 5.10 Å². The van der Waals surface area contributed by atoms with Crippen LogP contribution in [-0.4, -0.2) is 28.9 Å². The number of hydrogen-bond acceptors (Lipinski definition) is 4. The van der Waals surface area contributed by atoms with Gasteiger partial charge in [0, 0.05) is 11.3 Å². The summed E-state index contributed by atoms with van der Waals surface area (Å²) in [6.45, 7) is 3.68. The molecule has 1 amide bonds. The van der Waals surface area contributed by atoms with Crippen molar-refractivity contribution in [2.24, 2.45) is 0 Å². The first-order valence-corrected chi connectivity index (χ1v) is 11.0. The second-order valence-electron chi connectivity index (χ2n) is 7.71. The molecule has 0 aliphatic heterocycles. The lowest BCUT2D eigenvalue weighted by Crippen LogP contribution is -2.31. The van der Waals surface area contributed by atoms with E-state index in [1.165, 1.54) is 11.3 Å². The van der Waals surface area contributed by atoms with Crippen LogP contribution in [-0.2, 0) is 17.8 Å². The van der Waals surface area contributed by atoms with Crippen molar-refractivity contribution in [1.82, 2.24) is 15.1 Å². The summed E-state index contributed by atoms with van der Waals surface area (Å²) in [6, 6.07) is 17.8. The number of fused-ring (bicyclic) bond motifs is 1. The molecule has 1 aromatic heterocycles. The summed E-state index contributed by atoms with van der Waals surface area (Å²) in [7, 11) is 0. The summed E-state index contributed by atoms with van der Waals surface area (Å²) in [5.74, 6) is 1.55. The Morgan fingerprint density at radius 1 is 1.10 bits per heavy atom. The van der Waals surface area contributed by atoms with Crippen molar-refractivity contribution in [2.45, 2.75) is 45.2 Å². The van der Waals surface area contributed by atoms with Gasteiger partial charge in [0.2, 0.25) is 5.91 Å². The number of benzene rings is 2. The number of nitrogens with zero attached hydrogens (tertiary/aromatic N) is 2. The summed E-state index contributed by atoms with van der Waals surface area (Å²) in [5.41, 5.74) is 3.60. The smallest absolute Gasteiger partial charge is 0.223 e. The lowest BCUT2D eigenvalue weighted by Gasteiger charge is -2.24. The van der Waals surface area contributed by atoms with Gasteiger partial charge < -0.3 is 14.8 Å². The molecule has 6 heteroatoms. The van der Waals surface area contributed by atoms with Gasteiger partial charge >= 0.3 is 0 Å². The Bertz CT molecular complexity index is 983. The van der Waals surface area contributed by atoms with Crippen LogP contribution >= 0.6 is 0 Å². The van der Waals surface area contributed by atoms with Crippen LogP contribution < -0.4 is 14.8 Å². The van der Waals surface area contributed by atoms with Gasteiger partial charge in [-0.25, -0.2) is 0 Å². The van der Waals surface area contributed by atoms with E-state index in [1.807, 2.05) is 55.6 Å². The van der Waals surface area contributed by atoms with E-state index >= 15 is 0 Å². The fraction of sp³-hybridized carbons (Fsp3) is 0.360. The number of hydrogen-bond donors (Lipinski definition) is 1. The van der Waals surface area contributed by atoms with Gasteiger partial charge in [0.05, 0.1) is 38.4 Å². The normalized spacial score (nSPS) is 15.2. The largest absolute Gasteiger partial charge is 0.494 e. The van der Waals surface area contributed by atoms with Gasteiger partial charge in [0.25, 0.3) is 0 Å². The highest BCUT2D eigenvalue weighted by atomic mass is 16.5. The number of amides is 1. The molecule has 3 aromatic rings. The molecule has 6 nitrogen and oxygen atoms in total. The van der Waals surface area contributed by atoms with Crippen molar-refractivity contribution >= 4 is 5.91 Å². The zero-order valence-electron chi connectivity index (χ0n) is 17.9. The number of carbonyl (C=O) groups excluding carboxylic acids is 1. The third-order valence-corrected chi connectivity index (χ3v) is 5.51. The molecular weight excluding hydrogens is 390 g/mol. The van der Waals surface area contributed by atoms with Crippen molar-refractivity contribution in [3.05, 3.63) is 77.6 Å². The van der Waals surface area contributed by atoms with Crippen molar-refractivity contribution in [3.8, 4) is 11.5 Å². The Labute approximate surface area is 183 Å².